The standard InChI is InChI=1S/C9H10N4O/c1-14-8-3-2-6(4-11-8)9-7(10)5-12-13-9/h2-5H,10H2,1H3,(H,12,13). The van der Waals surface area contributed by atoms with Crippen LogP contribution in [0.1, 0.15) is 0 Å². The van der Waals surface area contributed by atoms with Crippen molar-refractivity contribution >= 4 is 5.69 Å². The number of methoxy groups -OCH3 is 1. The monoisotopic (exact) mass is 190 g/mol. The molecule has 72 valence electrons. The van der Waals surface area contributed by atoms with Gasteiger partial charge in [-0.25, -0.2) is 4.98 Å². The molecule has 0 aromatic carbocycles. The third-order valence-corrected chi connectivity index (χ3v) is 1.90. The Hall–Kier alpha value is -2.04. The highest BCUT2D eigenvalue weighted by Crippen LogP contribution is 2.22. The summed E-state index contributed by atoms with van der Waals surface area (Å²) in [7, 11) is 1.58. The molecule has 0 amide bonds. The van der Waals surface area contributed by atoms with Crippen molar-refractivity contribution in [3.63, 3.8) is 0 Å². The van der Waals surface area contributed by atoms with E-state index in [2.05, 4.69) is 15.2 Å². The van der Waals surface area contributed by atoms with Gasteiger partial charge in [0.05, 0.1) is 24.7 Å². The molecule has 2 heterocycles. The molecule has 3 N–H and O–H groups in total. The Labute approximate surface area is 80.9 Å². The second-order valence-corrected chi connectivity index (χ2v) is 2.79. The number of hydrogen-bond acceptors (Lipinski definition) is 4. The van der Waals surface area contributed by atoms with Crippen LogP contribution in [0.15, 0.2) is 24.5 Å². The zero-order chi connectivity index (χ0) is 9.97. The van der Waals surface area contributed by atoms with Gasteiger partial charge in [-0.1, -0.05) is 0 Å². The van der Waals surface area contributed by atoms with Crippen molar-refractivity contribution in [2.24, 2.45) is 0 Å². The van der Waals surface area contributed by atoms with Gasteiger partial charge in [-0.2, -0.15) is 5.10 Å². The number of rotatable bonds is 2. The minimum atomic E-state index is 0.576. The van der Waals surface area contributed by atoms with Crippen molar-refractivity contribution in [1.29, 1.82) is 0 Å². The van der Waals surface area contributed by atoms with E-state index in [4.69, 9.17) is 10.5 Å². The smallest absolute Gasteiger partial charge is 0.212 e. The van der Waals surface area contributed by atoms with Crippen LogP contribution in [0.2, 0.25) is 0 Å². The number of aromatic nitrogens is 3. The summed E-state index contributed by atoms with van der Waals surface area (Å²) >= 11 is 0. The lowest BCUT2D eigenvalue weighted by molar-refractivity contribution is 0.398. The highest BCUT2D eigenvalue weighted by Gasteiger charge is 2.04. The molecule has 0 atom stereocenters. The Morgan fingerprint density at radius 1 is 1.36 bits per heavy atom. The lowest BCUT2D eigenvalue weighted by Crippen LogP contribution is -1.90. The number of ether oxygens (including phenoxy) is 1. The first kappa shape index (κ1) is 8.55. The molecule has 0 unspecified atom stereocenters. The molecule has 2 aromatic heterocycles. The quantitative estimate of drug-likeness (QED) is 0.742. The fourth-order valence-corrected chi connectivity index (χ4v) is 1.18. The van der Waals surface area contributed by atoms with Crippen LogP contribution in [0.5, 0.6) is 5.88 Å². The van der Waals surface area contributed by atoms with Crippen LogP contribution >= 0.6 is 0 Å². The molecular formula is C9H10N4O. The number of nitrogens with zero attached hydrogens (tertiary/aromatic N) is 2. The third kappa shape index (κ3) is 1.39. The van der Waals surface area contributed by atoms with Gasteiger partial charge in [-0.05, 0) is 6.07 Å². The zero-order valence-electron chi connectivity index (χ0n) is 7.69. The minimum absolute atomic E-state index is 0.576. The van der Waals surface area contributed by atoms with Crippen molar-refractivity contribution in [1.82, 2.24) is 15.2 Å². The average Bonchev–Trinajstić information content (AvgIpc) is 2.65. The van der Waals surface area contributed by atoms with Crippen molar-refractivity contribution in [3.8, 4) is 17.1 Å². The summed E-state index contributed by atoms with van der Waals surface area (Å²) in [6.07, 6.45) is 3.25. The molecule has 2 rings (SSSR count). The van der Waals surface area contributed by atoms with E-state index in [1.807, 2.05) is 6.07 Å². The molecule has 0 fully saturated rings. The normalized spacial score (nSPS) is 10.1. The summed E-state index contributed by atoms with van der Waals surface area (Å²) in [6.45, 7) is 0. The van der Waals surface area contributed by atoms with Crippen molar-refractivity contribution in [3.05, 3.63) is 24.5 Å². The van der Waals surface area contributed by atoms with Crippen LogP contribution in [0.25, 0.3) is 11.3 Å². The summed E-state index contributed by atoms with van der Waals surface area (Å²) in [6, 6.07) is 3.64. The van der Waals surface area contributed by atoms with Gasteiger partial charge < -0.3 is 10.5 Å². The third-order valence-electron chi connectivity index (χ3n) is 1.90. The predicted octanol–water partition coefficient (Wildman–Crippen LogP) is 1.06. The molecule has 0 radical (unpaired) electrons. The maximum Gasteiger partial charge on any atom is 0.212 e. The molecule has 14 heavy (non-hydrogen) atoms. The van der Waals surface area contributed by atoms with Crippen LogP contribution in [0, 0.1) is 0 Å². The molecule has 0 spiro atoms. The number of hydrogen-bond donors (Lipinski definition) is 2. The van der Waals surface area contributed by atoms with Gasteiger partial charge in [0.1, 0.15) is 0 Å². The van der Waals surface area contributed by atoms with Crippen LogP contribution < -0.4 is 10.5 Å². The van der Waals surface area contributed by atoms with E-state index in [-0.39, 0.29) is 0 Å². The molecule has 5 heteroatoms. The Balaban J connectivity index is 2.39. The Bertz CT molecular complexity index is 421. The number of aromatic amines is 1. The number of anilines is 1. The summed E-state index contributed by atoms with van der Waals surface area (Å²) in [4.78, 5) is 4.07. The van der Waals surface area contributed by atoms with E-state index < -0.39 is 0 Å². The minimum Gasteiger partial charge on any atom is -0.481 e. The van der Waals surface area contributed by atoms with E-state index in [1.165, 1.54) is 0 Å². The van der Waals surface area contributed by atoms with Crippen molar-refractivity contribution in [2.75, 3.05) is 12.8 Å². The Kier molecular flexibility index (Phi) is 2.06. The fourth-order valence-electron chi connectivity index (χ4n) is 1.18. The Morgan fingerprint density at radius 3 is 2.71 bits per heavy atom. The summed E-state index contributed by atoms with van der Waals surface area (Å²) in [5.41, 5.74) is 7.97. The molecule has 0 aliphatic heterocycles. The SMILES string of the molecule is COc1ccc(-c2[nH]ncc2N)cn1. The fraction of sp³-hybridized carbons (Fsp3) is 0.111. The van der Waals surface area contributed by atoms with Crippen LogP contribution in [-0.4, -0.2) is 22.3 Å². The molecule has 5 nitrogen and oxygen atoms in total. The van der Waals surface area contributed by atoms with Crippen molar-refractivity contribution in [2.45, 2.75) is 0 Å². The van der Waals surface area contributed by atoms with Crippen LogP contribution in [0.4, 0.5) is 5.69 Å². The van der Waals surface area contributed by atoms with Crippen molar-refractivity contribution < 1.29 is 4.74 Å². The number of nitrogens with two attached hydrogens (primary N) is 1. The summed E-state index contributed by atoms with van der Waals surface area (Å²) in [5, 5.41) is 6.64. The van der Waals surface area contributed by atoms with Gasteiger partial charge in [-0.15, -0.1) is 0 Å². The average molecular weight is 190 g/mol. The van der Waals surface area contributed by atoms with E-state index >= 15 is 0 Å². The number of nitrogens with one attached hydrogen (secondary N) is 1. The highest BCUT2D eigenvalue weighted by molar-refractivity contribution is 5.71. The molecule has 0 aliphatic rings. The van der Waals surface area contributed by atoms with Gasteiger partial charge in [0.25, 0.3) is 0 Å². The molecule has 0 saturated carbocycles. The first-order valence-corrected chi connectivity index (χ1v) is 4.10. The molecule has 0 bridgehead atoms. The van der Waals surface area contributed by atoms with Gasteiger partial charge in [0.2, 0.25) is 5.88 Å². The molecule has 0 aliphatic carbocycles. The molecule has 0 saturated heterocycles. The summed E-state index contributed by atoms with van der Waals surface area (Å²) < 4.78 is 4.95. The van der Waals surface area contributed by atoms with Gasteiger partial charge in [0.15, 0.2) is 0 Å². The first-order valence-electron chi connectivity index (χ1n) is 4.10. The predicted molar refractivity (Wildman–Crippen MR) is 52.8 cm³/mol. The lowest BCUT2D eigenvalue weighted by atomic mass is 10.2. The number of nitrogen functional groups attached to an aromatic ring is 1. The lowest BCUT2D eigenvalue weighted by Gasteiger charge is -2.00. The second kappa shape index (κ2) is 3.37. The zero-order valence-corrected chi connectivity index (χ0v) is 7.69. The van der Waals surface area contributed by atoms with Crippen LogP contribution in [0.3, 0.4) is 0 Å². The topological polar surface area (TPSA) is 76.8 Å². The molecule has 2 aromatic rings. The van der Waals surface area contributed by atoms with Gasteiger partial charge in [-0.3, -0.25) is 5.10 Å². The highest BCUT2D eigenvalue weighted by atomic mass is 16.5. The van der Waals surface area contributed by atoms with E-state index in [0.29, 0.717) is 11.6 Å². The Morgan fingerprint density at radius 2 is 2.21 bits per heavy atom. The van der Waals surface area contributed by atoms with Gasteiger partial charge >= 0.3 is 0 Å². The van der Waals surface area contributed by atoms with Crippen LogP contribution in [-0.2, 0) is 0 Å². The summed E-state index contributed by atoms with van der Waals surface area (Å²) in [5.74, 6) is 0.576. The van der Waals surface area contributed by atoms with E-state index in [0.717, 1.165) is 11.3 Å². The first-order chi connectivity index (χ1) is 6.81. The number of pyridine rings is 1. The van der Waals surface area contributed by atoms with E-state index in [1.54, 1.807) is 25.6 Å². The molecular weight excluding hydrogens is 180 g/mol. The largest absolute Gasteiger partial charge is 0.481 e. The van der Waals surface area contributed by atoms with E-state index in [9.17, 15) is 0 Å². The maximum atomic E-state index is 5.69. The van der Waals surface area contributed by atoms with Gasteiger partial charge in [0, 0.05) is 17.8 Å². The second-order valence-electron chi connectivity index (χ2n) is 2.79. The maximum absolute atomic E-state index is 5.69. The number of H-pyrrole nitrogens is 1.